The number of aromatic nitrogens is 1. The second kappa shape index (κ2) is 7.83. The SMILES string of the molecule is Cc1ccc2c(CCNC(=O)NCCc3ccc(F)cc3)c[nH]c2c1. The van der Waals surface area contributed by atoms with Gasteiger partial charge >= 0.3 is 6.03 Å². The minimum atomic E-state index is -0.248. The Labute approximate surface area is 146 Å². The van der Waals surface area contributed by atoms with E-state index in [1.807, 2.05) is 6.20 Å². The summed E-state index contributed by atoms with van der Waals surface area (Å²) in [4.78, 5) is 15.1. The van der Waals surface area contributed by atoms with E-state index >= 15 is 0 Å². The molecule has 0 spiro atoms. The highest BCUT2D eigenvalue weighted by Crippen LogP contribution is 2.19. The van der Waals surface area contributed by atoms with Gasteiger partial charge in [-0.1, -0.05) is 24.3 Å². The molecule has 0 atom stereocenters. The number of urea groups is 1. The molecular weight excluding hydrogens is 317 g/mol. The van der Waals surface area contributed by atoms with Crippen LogP contribution in [0.3, 0.4) is 0 Å². The van der Waals surface area contributed by atoms with Gasteiger partial charge in [0.15, 0.2) is 0 Å². The summed E-state index contributed by atoms with van der Waals surface area (Å²) in [7, 11) is 0. The Balaban J connectivity index is 1.40. The summed E-state index contributed by atoms with van der Waals surface area (Å²) in [5.41, 5.74) is 4.54. The zero-order valence-electron chi connectivity index (χ0n) is 14.2. The Morgan fingerprint density at radius 1 is 1.04 bits per heavy atom. The van der Waals surface area contributed by atoms with Crippen molar-refractivity contribution in [2.24, 2.45) is 0 Å². The predicted octanol–water partition coefficient (Wildman–Crippen LogP) is 3.70. The van der Waals surface area contributed by atoms with Gasteiger partial charge < -0.3 is 15.6 Å². The van der Waals surface area contributed by atoms with Crippen LogP contribution < -0.4 is 10.6 Å². The lowest BCUT2D eigenvalue weighted by Crippen LogP contribution is -2.37. The molecule has 0 aliphatic rings. The van der Waals surface area contributed by atoms with Crippen LogP contribution in [0, 0.1) is 12.7 Å². The Morgan fingerprint density at radius 3 is 2.52 bits per heavy atom. The third kappa shape index (κ3) is 4.59. The van der Waals surface area contributed by atoms with E-state index in [4.69, 9.17) is 0 Å². The molecule has 0 aliphatic heterocycles. The standard InChI is InChI=1S/C20H22FN3O/c1-14-2-7-18-16(13-24-19(18)12-14)9-11-23-20(25)22-10-8-15-3-5-17(21)6-4-15/h2-7,12-13,24H,8-11H2,1H3,(H2,22,23,25). The Kier molecular flexibility index (Phi) is 5.33. The molecule has 4 nitrogen and oxygen atoms in total. The van der Waals surface area contributed by atoms with E-state index in [1.165, 1.54) is 28.6 Å². The van der Waals surface area contributed by atoms with Crippen molar-refractivity contribution in [3.05, 3.63) is 71.2 Å². The van der Waals surface area contributed by atoms with Gasteiger partial charge in [-0.25, -0.2) is 9.18 Å². The molecular formula is C20H22FN3O. The molecule has 1 heterocycles. The van der Waals surface area contributed by atoms with E-state index in [0.717, 1.165) is 17.5 Å². The third-order valence-corrected chi connectivity index (χ3v) is 4.22. The number of hydrogen-bond acceptors (Lipinski definition) is 1. The summed E-state index contributed by atoms with van der Waals surface area (Å²) in [6.07, 6.45) is 3.45. The van der Waals surface area contributed by atoms with Crippen molar-refractivity contribution >= 4 is 16.9 Å². The molecule has 0 saturated heterocycles. The molecule has 5 heteroatoms. The molecule has 3 rings (SSSR count). The normalized spacial score (nSPS) is 10.8. The van der Waals surface area contributed by atoms with Crippen LogP contribution in [-0.4, -0.2) is 24.1 Å². The maximum absolute atomic E-state index is 12.8. The molecule has 0 bridgehead atoms. The lowest BCUT2D eigenvalue weighted by atomic mass is 10.1. The van der Waals surface area contributed by atoms with E-state index in [0.29, 0.717) is 19.5 Å². The summed E-state index contributed by atoms with van der Waals surface area (Å²) >= 11 is 0. The van der Waals surface area contributed by atoms with E-state index < -0.39 is 0 Å². The van der Waals surface area contributed by atoms with Crippen LogP contribution in [0.5, 0.6) is 0 Å². The Bertz CT molecular complexity index is 855. The number of H-pyrrole nitrogens is 1. The van der Waals surface area contributed by atoms with Crippen LogP contribution in [0.25, 0.3) is 10.9 Å². The molecule has 2 aromatic carbocycles. The topological polar surface area (TPSA) is 56.9 Å². The average Bonchev–Trinajstić information content (AvgIpc) is 2.99. The fraction of sp³-hybridized carbons (Fsp3) is 0.250. The first kappa shape index (κ1) is 17.0. The lowest BCUT2D eigenvalue weighted by molar-refractivity contribution is 0.241. The number of fused-ring (bicyclic) bond motifs is 1. The molecule has 3 aromatic rings. The number of amides is 2. The van der Waals surface area contributed by atoms with Crippen molar-refractivity contribution in [3.63, 3.8) is 0 Å². The quantitative estimate of drug-likeness (QED) is 0.630. The van der Waals surface area contributed by atoms with Crippen molar-refractivity contribution < 1.29 is 9.18 Å². The molecule has 1 aromatic heterocycles. The summed E-state index contributed by atoms with van der Waals surface area (Å²) in [5, 5.41) is 6.89. The molecule has 0 radical (unpaired) electrons. The van der Waals surface area contributed by atoms with E-state index in [1.54, 1.807) is 12.1 Å². The number of halogens is 1. The van der Waals surface area contributed by atoms with Crippen molar-refractivity contribution in [2.75, 3.05) is 13.1 Å². The molecule has 0 fully saturated rings. The van der Waals surface area contributed by atoms with Crippen LogP contribution in [-0.2, 0) is 12.8 Å². The van der Waals surface area contributed by atoms with Gasteiger partial charge in [0, 0.05) is 30.2 Å². The lowest BCUT2D eigenvalue weighted by Gasteiger charge is -2.07. The number of rotatable bonds is 6. The highest BCUT2D eigenvalue weighted by molar-refractivity contribution is 5.83. The smallest absolute Gasteiger partial charge is 0.314 e. The van der Waals surface area contributed by atoms with E-state index in [-0.39, 0.29) is 11.8 Å². The van der Waals surface area contributed by atoms with Crippen molar-refractivity contribution in [1.29, 1.82) is 0 Å². The summed E-state index contributed by atoms with van der Waals surface area (Å²) < 4.78 is 12.8. The van der Waals surface area contributed by atoms with Crippen molar-refractivity contribution in [3.8, 4) is 0 Å². The Hall–Kier alpha value is -2.82. The van der Waals surface area contributed by atoms with Gasteiger partial charge in [0.1, 0.15) is 5.82 Å². The summed E-state index contributed by atoms with van der Waals surface area (Å²) in [5.74, 6) is -0.248. The van der Waals surface area contributed by atoms with Crippen molar-refractivity contribution in [2.45, 2.75) is 19.8 Å². The fourth-order valence-corrected chi connectivity index (χ4v) is 2.85. The van der Waals surface area contributed by atoms with Crippen LogP contribution in [0.2, 0.25) is 0 Å². The maximum atomic E-state index is 12.8. The van der Waals surface area contributed by atoms with Gasteiger partial charge in [-0.05, 0) is 54.7 Å². The van der Waals surface area contributed by atoms with E-state index in [9.17, 15) is 9.18 Å². The third-order valence-electron chi connectivity index (χ3n) is 4.22. The minimum Gasteiger partial charge on any atom is -0.361 e. The minimum absolute atomic E-state index is 0.183. The van der Waals surface area contributed by atoms with Crippen molar-refractivity contribution in [1.82, 2.24) is 15.6 Å². The van der Waals surface area contributed by atoms with Crippen LogP contribution >= 0.6 is 0 Å². The number of carbonyl (C=O) groups is 1. The van der Waals surface area contributed by atoms with Gasteiger partial charge in [-0.15, -0.1) is 0 Å². The number of benzene rings is 2. The molecule has 0 unspecified atom stereocenters. The summed E-state index contributed by atoms with van der Waals surface area (Å²) in [6, 6.07) is 12.5. The molecule has 0 aliphatic carbocycles. The largest absolute Gasteiger partial charge is 0.361 e. The molecule has 0 saturated carbocycles. The second-order valence-electron chi connectivity index (χ2n) is 6.17. The monoisotopic (exact) mass is 339 g/mol. The first-order chi connectivity index (χ1) is 12.1. The highest BCUT2D eigenvalue weighted by atomic mass is 19.1. The van der Waals surface area contributed by atoms with Gasteiger partial charge in [-0.3, -0.25) is 0 Å². The van der Waals surface area contributed by atoms with Gasteiger partial charge in [0.2, 0.25) is 0 Å². The van der Waals surface area contributed by atoms with Crippen LogP contribution in [0.4, 0.5) is 9.18 Å². The average molecular weight is 339 g/mol. The first-order valence-corrected chi connectivity index (χ1v) is 8.44. The fourth-order valence-electron chi connectivity index (χ4n) is 2.85. The molecule has 2 amide bonds. The van der Waals surface area contributed by atoms with Gasteiger partial charge in [0.05, 0.1) is 0 Å². The number of hydrogen-bond donors (Lipinski definition) is 3. The zero-order valence-corrected chi connectivity index (χ0v) is 14.2. The second-order valence-corrected chi connectivity index (χ2v) is 6.17. The predicted molar refractivity (Wildman–Crippen MR) is 98.2 cm³/mol. The Morgan fingerprint density at radius 2 is 1.76 bits per heavy atom. The number of aryl methyl sites for hydroxylation is 1. The van der Waals surface area contributed by atoms with Crippen LogP contribution in [0.1, 0.15) is 16.7 Å². The van der Waals surface area contributed by atoms with Crippen LogP contribution in [0.15, 0.2) is 48.7 Å². The number of nitrogens with one attached hydrogen (secondary N) is 3. The van der Waals surface area contributed by atoms with Gasteiger partial charge in [-0.2, -0.15) is 0 Å². The molecule has 25 heavy (non-hydrogen) atoms. The highest BCUT2D eigenvalue weighted by Gasteiger charge is 2.05. The number of aromatic amines is 1. The first-order valence-electron chi connectivity index (χ1n) is 8.44. The summed E-state index contributed by atoms with van der Waals surface area (Å²) in [6.45, 7) is 3.16. The zero-order chi connectivity index (χ0) is 17.6. The molecule has 3 N–H and O–H groups in total. The van der Waals surface area contributed by atoms with E-state index in [2.05, 4.69) is 40.7 Å². The van der Waals surface area contributed by atoms with Gasteiger partial charge in [0.25, 0.3) is 0 Å². The molecule has 130 valence electrons. The number of carbonyl (C=O) groups excluding carboxylic acids is 1. The maximum Gasteiger partial charge on any atom is 0.314 e.